The highest BCUT2D eigenvalue weighted by Gasteiger charge is 2.29. The number of amides is 1. The highest BCUT2D eigenvalue weighted by atomic mass is 32.2. The summed E-state index contributed by atoms with van der Waals surface area (Å²) in [6.07, 6.45) is 1.89. The first kappa shape index (κ1) is 22.4. The van der Waals surface area contributed by atoms with E-state index >= 15 is 0 Å². The highest BCUT2D eigenvalue weighted by Crippen LogP contribution is 2.23. The van der Waals surface area contributed by atoms with E-state index in [9.17, 15) is 18.0 Å². The Balaban J connectivity index is 2.33. The number of ether oxygens (including phenoxy) is 1. The molecule has 0 radical (unpaired) electrons. The van der Waals surface area contributed by atoms with E-state index in [1.54, 1.807) is 31.2 Å². The number of methoxy groups -OCH3 is 1. The third-order valence-electron chi connectivity index (χ3n) is 4.60. The topological polar surface area (TPSA) is 92.8 Å². The first-order valence-electron chi connectivity index (χ1n) is 9.16. The molecule has 7 nitrogen and oxygen atoms in total. The molecule has 2 aromatic carbocycles. The number of esters is 1. The number of hydrogen-bond acceptors (Lipinski definition) is 5. The zero-order valence-electron chi connectivity index (χ0n) is 17.2. The van der Waals surface area contributed by atoms with E-state index in [1.165, 1.54) is 20.1 Å². The normalized spacial score (nSPS) is 12.2. The minimum Gasteiger partial charge on any atom is -0.465 e. The van der Waals surface area contributed by atoms with Crippen LogP contribution in [0.1, 0.15) is 35.3 Å². The third-order valence-corrected chi connectivity index (χ3v) is 5.85. The van der Waals surface area contributed by atoms with Crippen molar-refractivity contribution in [3.05, 3.63) is 59.2 Å². The molecule has 0 saturated carbocycles. The van der Waals surface area contributed by atoms with Gasteiger partial charge in [-0.05, 0) is 55.7 Å². The molecule has 1 atom stereocenters. The van der Waals surface area contributed by atoms with Crippen molar-refractivity contribution >= 4 is 33.3 Å². The Bertz CT molecular complexity index is 1000. The van der Waals surface area contributed by atoms with Gasteiger partial charge in [-0.25, -0.2) is 13.2 Å². The molecule has 0 spiro atoms. The third kappa shape index (κ3) is 5.35. The van der Waals surface area contributed by atoms with E-state index in [1.807, 2.05) is 19.1 Å². The average Bonchev–Trinajstić information content (AvgIpc) is 2.68. The van der Waals surface area contributed by atoms with Crippen LogP contribution in [0.4, 0.5) is 11.4 Å². The van der Waals surface area contributed by atoms with Crippen LogP contribution < -0.4 is 9.62 Å². The minimum atomic E-state index is -3.71. The van der Waals surface area contributed by atoms with Gasteiger partial charge < -0.3 is 10.1 Å². The Morgan fingerprint density at radius 3 is 2.28 bits per heavy atom. The van der Waals surface area contributed by atoms with Crippen molar-refractivity contribution in [1.82, 2.24) is 0 Å². The van der Waals surface area contributed by atoms with Gasteiger partial charge in [-0.2, -0.15) is 0 Å². The van der Waals surface area contributed by atoms with Crippen LogP contribution >= 0.6 is 0 Å². The number of rotatable bonds is 7. The predicted octanol–water partition coefficient (Wildman–Crippen LogP) is 3.14. The van der Waals surface area contributed by atoms with Gasteiger partial charge in [-0.3, -0.25) is 9.10 Å². The Labute approximate surface area is 171 Å². The Morgan fingerprint density at radius 2 is 1.76 bits per heavy atom. The molecule has 0 aliphatic heterocycles. The predicted molar refractivity (Wildman–Crippen MR) is 114 cm³/mol. The summed E-state index contributed by atoms with van der Waals surface area (Å²) in [7, 11) is -2.44. The molecule has 0 aliphatic carbocycles. The van der Waals surface area contributed by atoms with Gasteiger partial charge in [0.2, 0.25) is 15.9 Å². The molecule has 0 saturated heterocycles. The summed E-state index contributed by atoms with van der Waals surface area (Å²) in [6.45, 7) is 5.30. The average molecular weight is 419 g/mol. The fourth-order valence-electron chi connectivity index (χ4n) is 2.93. The van der Waals surface area contributed by atoms with Gasteiger partial charge in [-0.15, -0.1) is 0 Å². The fraction of sp³-hybridized carbons (Fsp3) is 0.333. The summed E-state index contributed by atoms with van der Waals surface area (Å²) >= 11 is 0. The quantitative estimate of drug-likeness (QED) is 0.698. The fourth-order valence-corrected chi connectivity index (χ4v) is 4.10. The lowest BCUT2D eigenvalue weighted by Gasteiger charge is -2.28. The molecule has 1 N–H and O–H groups in total. The van der Waals surface area contributed by atoms with Crippen LogP contribution in [-0.2, 0) is 26.0 Å². The number of nitrogens with zero attached hydrogens (tertiary/aromatic N) is 1. The van der Waals surface area contributed by atoms with Crippen molar-refractivity contribution in [2.45, 2.75) is 33.2 Å². The molecule has 2 rings (SSSR count). The van der Waals surface area contributed by atoms with E-state index < -0.39 is 27.9 Å². The molecule has 2 aromatic rings. The summed E-state index contributed by atoms with van der Waals surface area (Å²) in [4.78, 5) is 24.6. The van der Waals surface area contributed by atoms with Crippen LogP contribution in [0.15, 0.2) is 42.5 Å². The minimum absolute atomic E-state index is 0.288. The van der Waals surface area contributed by atoms with Gasteiger partial charge in [0.1, 0.15) is 6.04 Å². The van der Waals surface area contributed by atoms with E-state index in [0.29, 0.717) is 11.4 Å². The second-order valence-corrected chi connectivity index (χ2v) is 8.62. The van der Waals surface area contributed by atoms with E-state index in [2.05, 4.69) is 5.32 Å². The van der Waals surface area contributed by atoms with Gasteiger partial charge in [0.15, 0.2) is 0 Å². The number of carbonyl (C=O) groups is 2. The molecule has 1 amide bonds. The zero-order valence-corrected chi connectivity index (χ0v) is 18.0. The Hall–Kier alpha value is -2.87. The SMILES string of the molecule is CCc1ccc(N([C@@H](C)C(=O)Nc2cc(C(=O)OC)ccc2C)S(C)(=O)=O)cc1. The lowest BCUT2D eigenvalue weighted by molar-refractivity contribution is -0.116. The van der Waals surface area contributed by atoms with Crippen LogP contribution in [0.3, 0.4) is 0 Å². The summed E-state index contributed by atoms with van der Waals surface area (Å²) in [5.74, 6) is -1.04. The van der Waals surface area contributed by atoms with Gasteiger partial charge >= 0.3 is 5.97 Å². The number of anilines is 2. The molecule has 0 fully saturated rings. The number of benzene rings is 2. The van der Waals surface area contributed by atoms with Gasteiger partial charge in [0.25, 0.3) is 0 Å². The Kier molecular flexibility index (Phi) is 7.02. The number of sulfonamides is 1. The smallest absolute Gasteiger partial charge is 0.337 e. The van der Waals surface area contributed by atoms with Gasteiger partial charge in [-0.1, -0.05) is 25.1 Å². The van der Waals surface area contributed by atoms with Crippen molar-refractivity contribution in [3.63, 3.8) is 0 Å². The summed E-state index contributed by atoms with van der Waals surface area (Å²) < 4.78 is 30.6. The van der Waals surface area contributed by atoms with E-state index in [-0.39, 0.29) is 5.56 Å². The van der Waals surface area contributed by atoms with Crippen LogP contribution in [0.25, 0.3) is 0 Å². The van der Waals surface area contributed by atoms with Crippen molar-refractivity contribution < 1.29 is 22.7 Å². The molecule has 156 valence electrons. The van der Waals surface area contributed by atoms with Crippen LogP contribution in [0, 0.1) is 6.92 Å². The van der Waals surface area contributed by atoms with Crippen LogP contribution in [0.5, 0.6) is 0 Å². The van der Waals surface area contributed by atoms with E-state index in [4.69, 9.17) is 4.74 Å². The number of hydrogen-bond donors (Lipinski definition) is 1. The zero-order chi connectivity index (χ0) is 21.8. The maximum absolute atomic E-state index is 12.9. The van der Waals surface area contributed by atoms with Crippen molar-refractivity contribution in [1.29, 1.82) is 0 Å². The number of aryl methyl sites for hydroxylation is 2. The second-order valence-electron chi connectivity index (χ2n) is 6.77. The summed E-state index contributed by atoms with van der Waals surface area (Å²) in [5.41, 5.74) is 2.91. The Morgan fingerprint density at radius 1 is 1.14 bits per heavy atom. The summed E-state index contributed by atoms with van der Waals surface area (Å²) in [6, 6.07) is 10.8. The van der Waals surface area contributed by atoms with Gasteiger partial charge in [0.05, 0.1) is 24.6 Å². The first-order valence-corrected chi connectivity index (χ1v) is 11.0. The number of carbonyl (C=O) groups excluding carboxylic acids is 2. The molecule has 0 unspecified atom stereocenters. The molecular formula is C21H26N2O5S. The largest absolute Gasteiger partial charge is 0.465 e. The molecule has 8 heteroatoms. The van der Waals surface area contributed by atoms with Crippen molar-refractivity contribution in [2.24, 2.45) is 0 Å². The number of nitrogens with one attached hydrogen (secondary N) is 1. The molecular weight excluding hydrogens is 392 g/mol. The molecule has 0 aliphatic rings. The maximum atomic E-state index is 12.9. The molecule has 0 aromatic heterocycles. The van der Waals surface area contributed by atoms with E-state index in [0.717, 1.165) is 28.1 Å². The lowest BCUT2D eigenvalue weighted by atomic mass is 10.1. The second kappa shape index (κ2) is 9.09. The first-order chi connectivity index (χ1) is 13.6. The van der Waals surface area contributed by atoms with Crippen molar-refractivity contribution in [2.75, 3.05) is 23.0 Å². The lowest BCUT2D eigenvalue weighted by Crippen LogP contribution is -2.45. The van der Waals surface area contributed by atoms with Crippen LogP contribution in [-0.4, -0.2) is 39.7 Å². The van der Waals surface area contributed by atoms with Crippen LogP contribution in [0.2, 0.25) is 0 Å². The standard InChI is InChI=1S/C21H26N2O5S/c1-6-16-8-11-18(12-9-16)23(29(5,26)27)15(3)20(24)22-19-13-17(21(25)28-4)10-7-14(19)2/h7-13,15H,6H2,1-5H3,(H,22,24)/t15-/m0/s1. The summed E-state index contributed by atoms with van der Waals surface area (Å²) in [5, 5.41) is 2.72. The molecule has 0 heterocycles. The highest BCUT2D eigenvalue weighted by molar-refractivity contribution is 7.92. The van der Waals surface area contributed by atoms with Crippen molar-refractivity contribution in [3.8, 4) is 0 Å². The monoisotopic (exact) mass is 418 g/mol. The molecule has 29 heavy (non-hydrogen) atoms. The molecule has 0 bridgehead atoms. The maximum Gasteiger partial charge on any atom is 0.337 e. The van der Waals surface area contributed by atoms with Gasteiger partial charge in [0, 0.05) is 5.69 Å².